The van der Waals surface area contributed by atoms with Crippen molar-refractivity contribution < 1.29 is 0 Å². The molecule has 0 saturated carbocycles. The van der Waals surface area contributed by atoms with E-state index >= 15 is 0 Å². The molecule has 6 heteroatoms. The van der Waals surface area contributed by atoms with Gasteiger partial charge in [0.2, 0.25) is 0 Å². The summed E-state index contributed by atoms with van der Waals surface area (Å²) in [6.07, 6.45) is 3.95. The fourth-order valence-electron chi connectivity index (χ4n) is 4.42. The highest BCUT2D eigenvalue weighted by Gasteiger charge is 2.42. The molecule has 1 aliphatic heterocycles. The molecule has 1 aliphatic rings. The van der Waals surface area contributed by atoms with Crippen molar-refractivity contribution in [2.45, 2.75) is 19.0 Å². The van der Waals surface area contributed by atoms with Crippen LogP contribution in [0.5, 0.6) is 0 Å². The normalized spacial score (nSPS) is 17.8. The van der Waals surface area contributed by atoms with Crippen LogP contribution in [0.2, 0.25) is 0 Å². The van der Waals surface area contributed by atoms with Crippen LogP contribution in [0, 0.1) is 6.92 Å². The summed E-state index contributed by atoms with van der Waals surface area (Å²) in [4.78, 5) is 8.99. The van der Waals surface area contributed by atoms with Crippen LogP contribution in [-0.4, -0.2) is 28.8 Å². The largest absolute Gasteiger partial charge is 0.378 e. The fraction of sp³-hybridized carbons (Fsp3) is 0.185. The van der Waals surface area contributed by atoms with Gasteiger partial charge in [-0.3, -0.25) is 4.98 Å². The quantitative estimate of drug-likeness (QED) is 0.408. The van der Waals surface area contributed by atoms with Gasteiger partial charge in [-0.05, 0) is 79.8 Å². The molecule has 1 saturated heterocycles. The average Bonchev–Trinajstić information content (AvgIpc) is 3.44. The summed E-state index contributed by atoms with van der Waals surface area (Å²) in [5.41, 5.74) is 6.69. The summed E-state index contributed by atoms with van der Waals surface area (Å²) < 4.78 is 2.25. The number of hydrogen-bond donors (Lipinski definition) is 1. The lowest BCUT2D eigenvalue weighted by Crippen LogP contribution is -2.30. The number of benzene rings is 2. The second-order valence-corrected chi connectivity index (χ2v) is 8.93. The lowest BCUT2D eigenvalue weighted by atomic mass is 10.0. The second kappa shape index (κ2) is 8.71. The number of anilines is 2. The number of hydrogen-bond acceptors (Lipinski definition) is 3. The third-order valence-electron chi connectivity index (χ3n) is 6.14. The molecule has 0 aliphatic carbocycles. The summed E-state index contributed by atoms with van der Waals surface area (Å²) in [6, 6.07) is 27.3. The summed E-state index contributed by atoms with van der Waals surface area (Å²) in [6.45, 7) is 2.10. The van der Waals surface area contributed by atoms with E-state index in [9.17, 15) is 0 Å². The second-order valence-electron chi connectivity index (χ2n) is 8.55. The Labute approximate surface area is 200 Å². The molecule has 5 rings (SSSR count). The van der Waals surface area contributed by atoms with Gasteiger partial charge in [0.05, 0.1) is 11.7 Å². The highest BCUT2D eigenvalue weighted by atomic mass is 32.1. The summed E-state index contributed by atoms with van der Waals surface area (Å²) in [5.74, 6) is 0. The van der Waals surface area contributed by atoms with Crippen LogP contribution in [0.3, 0.4) is 0 Å². The number of rotatable bonds is 5. The van der Waals surface area contributed by atoms with Crippen LogP contribution in [0.4, 0.5) is 11.4 Å². The molecule has 0 spiro atoms. The van der Waals surface area contributed by atoms with Crippen molar-refractivity contribution in [1.29, 1.82) is 0 Å². The summed E-state index contributed by atoms with van der Waals surface area (Å²) in [5, 5.41) is 4.25. The van der Waals surface area contributed by atoms with E-state index in [1.54, 1.807) is 0 Å². The van der Waals surface area contributed by atoms with Crippen molar-refractivity contribution in [3.8, 4) is 5.69 Å². The Bertz CT molecular complexity index is 1250. The maximum atomic E-state index is 5.86. The summed E-state index contributed by atoms with van der Waals surface area (Å²) in [7, 11) is 4.11. The van der Waals surface area contributed by atoms with Gasteiger partial charge in [0.15, 0.2) is 5.11 Å². The lowest BCUT2D eigenvalue weighted by molar-refractivity contribution is 0.549. The van der Waals surface area contributed by atoms with Gasteiger partial charge in [-0.1, -0.05) is 23.8 Å². The zero-order valence-corrected chi connectivity index (χ0v) is 19.8. The Morgan fingerprint density at radius 3 is 2.27 bits per heavy atom. The molecule has 3 heterocycles. The van der Waals surface area contributed by atoms with Crippen molar-refractivity contribution in [1.82, 2.24) is 14.9 Å². The number of nitrogens with one attached hydrogen (secondary N) is 1. The van der Waals surface area contributed by atoms with E-state index < -0.39 is 0 Å². The van der Waals surface area contributed by atoms with Gasteiger partial charge in [-0.2, -0.15) is 0 Å². The third kappa shape index (κ3) is 3.98. The Morgan fingerprint density at radius 1 is 0.879 bits per heavy atom. The average molecular weight is 454 g/mol. The van der Waals surface area contributed by atoms with E-state index in [1.165, 1.54) is 11.3 Å². The van der Waals surface area contributed by atoms with Crippen LogP contribution in [0.1, 0.15) is 29.0 Å². The van der Waals surface area contributed by atoms with Gasteiger partial charge < -0.3 is 19.7 Å². The predicted molar refractivity (Wildman–Crippen MR) is 139 cm³/mol. The zero-order chi connectivity index (χ0) is 22.9. The molecule has 2 atom stereocenters. The molecule has 0 bridgehead atoms. The zero-order valence-electron chi connectivity index (χ0n) is 19.0. The van der Waals surface area contributed by atoms with Gasteiger partial charge in [0.1, 0.15) is 6.04 Å². The predicted octanol–water partition coefficient (Wildman–Crippen LogP) is 5.42. The maximum Gasteiger partial charge on any atom is 0.174 e. The smallest absolute Gasteiger partial charge is 0.174 e. The Hall–Kier alpha value is -3.64. The Balaban J connectivity index is 1.63. The number of aromatic nitrogens is 2. The van der Waals surface area contributed by atoms with Crippen LogP contribution in [-0.2, 0) is 0 Å². The highest BCUT2D eigenvalue weighted by Crippen LogP contribution is 2.42. The van der Waals surface area contributed by atoms with Crippen LogP contribution < -0.4 is 15.1 Å². The topological polar surface area (TPSA) is 36.3 Å². The number of pyridine rings is 1. The monoisotopic (exact) mass is 453 g/mol. The van der Waals surface area contributed by atoms with E-state index in [0.29, 0.717) is 5.11 Å². The van der Waals surface area contributed by atoms with Gasteiger partial charge in [0, 0.05) is 49.2 Å². The Morgan fingerprint density at radius 2 is 1.61 bits per heavy atom. The molecular weight excluding hydrogens is 426 g/mol. The number of nitrogens with zero attached hydrogens (tertiary/aromatic N) is 4. The summed E-state index contributed by atoms with van der Waals surface area (Å²) >= 11 is 5.86. The SMILES string of the molecule is Cc1ccc(N2C(=S)N[C@H](c3ccccn3)[C@H]2c2cccn2-c2ccc(N(C)C)cc2)cc1. The van der Waals surface area contributed by atoms with Crippen LogP contribution >= 0.6 is 12.2 Å². The minimum absolute atomic E-state index is 0.0568. The van der Waals surface area contributed by atoms with Gasteiger partial charge in [-0.15, -0.1) is 0 Å². The van der Waals surface area contributed by atoms with E-state index in [2.05, 4.69) is 119 Å². The standard InChI is InChI=1S/C27H27N5S/c1-19-9-11-22(12-10-19)32-26(25(29-27(32)33)23-7-4-5-17-28-23)24-8-6-18-31(24)21-15-13-20(14-16-21)30(2)3/h4-18,25-26H,1-3H3,(H,29,33)/t25-,26-/m1/s1. The molecule has 2 aromatic heterocycles. The van der Waals surface area contributed by atoms with Gasteiger partial charge in [-0.25, -0.2) is 0 Å². The molecule has 33 heavy (non-hydrogen) atoms. The van der Waals surface area contributed by atoms with E-state index in [0.717, 1.165) is 22.8 Å². The highest BCUT2D eigenvalue weighted by molar-refractivity contribution is 7.80. The van der Waals surface area contributed by atoms with Crippen molar-refractivity contribution in [2.24, 2.45) is 0 Å². The van der Waals surface area contributed by atoms with Crippen LogP contribution in [0.25, 0.3) is 5.69 Å². The first-order valence-corrected chi connectivity index (χ1v) is 11.5. The number of aryl methyl sites for hydroxylation is 1. The van der Waals surface area contributed by atoms with Crippen molar-refractivity contribution >= 4 is 28.7 Å². The van der Waals surface area contributed by atoms with Crippen molar-refractivity contribution in [3.05, 3.63) is 108 Å². The molecule has 2 aromatic carbocycles. The molecule has 0 radical (unpaired) electrons. The molecule has 0 unspecified atom stereocenters. The number of thiocarbonyl (C=S) groups is 1. The lowest BCUT2D eigenvalue weighted by Gasteiger charge is -2.29. The first-order valence-electron chi connectivity index (χ1n) is 11.1. The van der Waals surface area contributed by atoms with E-state index in [1.807, 2.05) is 18.3 Å². The maximum absolute atomic E-state index is 5.86. The molecular formula is C27H27N5S. The van der Waals surface area contributed by atoms with Crippen molar-refractivity contribution in [2.75, 3.05) is 23.9 Å². The molecule has 1 fully saturated rings. The molecule has 0 amide bonds. The van der Waals surface area contributed by atoms with Gasteiger partial charge in [0.25, 0.3) is 0 Å². The molecule has 166 valence electrons. The third-order valence-corrected chi connectivity index (χ3v) is 6.45. The van der Waals surface area contributed by atoms with E-state index in [4.69, 9.17) is 12.2 Å². The molecule has 4 aromatic rings. The van der Waals surface area contributed by atoms with Gasteiger partial charge >= 0.3 is 0 Å². The van der Waals surface area contributed by atoms with E-state index in [-0.39, 0.29) is 12.1 Å². The van der Waals surface area contributed by atoms with Crippen LogP contribution in [0.15, 0.2) is 91.3 Å². The molecule has 1 N–H and O–H groups in total. The Kier molecular flexibility index (Phi) is 5.60. The first-order chi connectivity index (χ1) is 16.0. The van der Waals surface area contributed by atoms with Crippen molar-refractivity contribution in [3.63, 3.8) is 0 Å². The minimum Gasteiger partial charge on any atom is -0.378 e. The first kappa shape index (κ1) is 21.2. The molecule has 5 nitrogen and oxygen atoms in total. The fourth-order valence-corrected chi connectivity index (χ4v) is 4.77. The minimum atomic E-state index is -0.0744.